The third-order valence-electron chi connectivity index (χ3n) is 4.00. The average molecular weight is 249 g/mol. The maximum Gasteiger partial charge on any atom is 0.0593 e. The molecule has 3 nitrogen and oxygen atoms in total. The first kappa shape index (κ1) is 14.2. The molecule has 2 fully saturated rings. The van der Waals surface area contributed by atoms with Crippen molar-refractivity contribution in [2.75, 3.05) is 45.9 Å². The molecule has 2 heterocycles. The van der Waals surface area contributed by atoms with Gasteiger partial charge < -0.3 is 15.0 Å². The van der Waals surface area contributed by atoms with Crippen LogP contribution in [0, 0.1) is 5.41 Å². The normalized spacial score (nSPS) is 24.6. The first-order valence-electron chi connectivity index (χ1n) is 6.35. The molecule has 96 valence electrons. The smallest absolute Gasteiger partial charge is 0.0593 e. The minimum absolute atomic E-state index is 0. The number of likely N-dealkylation sites (tertiary alicyclic amines) is 1. The van der Waals surface area contributed by atoms with E-state index >= 15 is 0 Å². The van der Waals surface area contributed by atoms with Gasteiger partial charge in [-0.05, 0) is 51.2 Å². The molecule has 1 spiro atoms. The van der Waals surface area contributed by atoms with E-state index in [1.165, 1.54) is 45.4 Å². The summed E-state index contributed by atoms with van der Waals surface area (Å²) in [7, 11) is 0. The SMILES string of the molecule is CCOCCN1CCC2(CCNC2)CC1.Cl. The lowest BCUT2D eigenvalue weighted by Gasteiger charge is -2.38. The molecule has 2 saturated heterocycles. The minimum atomic E-state index is 0. The molecule has 1 N–H and O–H groups in total. The summed E-state index contributed by atoms with van der Waals surface area (Å²) in [5, 5.41) is 3.51. The van der Waals surface area contributed by atoms with E-state index in [1.54, 1.807) is 0 Å². The number of nitrogens with zero attached hydrogens (tertiary/aromatic N) is 1. The van der Waals surface area contributed by atoms with Gasteiger partial charge in [-0.15, -0.1) is 12.4 Å². The van der Waals surface area contributed by atoms with Crippen molar-refractivity contribution < 1.29 is 4.74 Å². The maximum atomic E-state index is 5.40. The van der Waals surface area contributed by atoms with Crippen molar-refractivity contribution in [3.05, 3.63) is 0 Å². The van der Waals surface area contributed by atoms with Gasteiger partial charge in [0.25, 0.3) is 0 Å². The summed E-state index contributed by atoms with van der Waals surface area (Å²) >= 11 is 0. The highest BCUT2D eigenvalue weighted by Crippen LogP contribution is 2.36. The van der Waals surface area contributed by atoms with Crippen molar-refractivity contribution in [2.45, 2.75) is 26.2 Å². The molecule has 16 heavy (non-hydrogen) atoms. The Labute approximate surface area is 105 Å². The summed E-state index contributed by atoms with van der Waals surface area (Å²) in [6, 6.07) is 0. The summed E-state index contributed by atoms with van der Waals surface area (Å²) in [4.78, 5) is 2.55. The standard InChI is InChI=1S/C12H24N2O.ClH/c1-2-15-10-9-14-7-4-12(5-8-14)3-6-13-11-12;/h13H,2-11H2,1H3;1H. The third kappa shape index (κ3) is 3.59. The van der Waals surface area contributed by atoms with Gasteiger partial charge in [-0.25, -0.2) is 0 Å². The minimum Gasteiger partial charge on any atom is -0.380 e. The molecule has 4 heteroatoms. The second-order valence-corrected chi connectivity index (χ2v) is 4.97. The predicted octanol–water partition coefficient (Wildman–Crippen LogP) is 1.52. The van der Waals surface area contributed by atoms with Crippen LogP contribution in [-0.2, 0) is 4.74 Å². The molecule has 0 radical (unpaired) electrons. The number of piperidine rings is 1. The lowest BCUT2D eigenvalue weighted by molar-refractivity contribution is 0.0736. The van der Waals surface area contributed by atoms with Gasteiger partial charge in [0.2, 0.25) is 0 Å². The molecule has 0 bridgehead atoms. The van der Waals surface area contributed by atoms with E-state index in [9.17, 15) is 0 Å². The number of rotatable bonds is 4. The lowest BCUT2D eigenvalue weighted by Crippen LogP contribution is -2.42. The zero-order valence-corrected chi connectivity index (χ0v) is 11.2. The highest BCUT2D eigenvalue weighted by atomic mass is 35.5. The molecule has 0 aromatic carbocycles. The number of halogens is 1. The molecule has 0 aromatic heterocycles. The van der Waals surface area contributed by atoms with E-state index in [0.29, 0.717) is 5.41 Å². The molecule has 2 rings (SSSR count). The van der Waals surface area contributed by atoms with E-state index in [1.807, 2.05) is 0 Å². The Morgan fingerprint density at radius 3 is 2.56 bits per heavy atom. The monoisotopic (exact) mass is 248 g/mol. The van der Waals surface area contributed by atoms with Crippen LogP contribution < -0.4 is 5.32 Å². The molecule has 0 aromatic rings. The van der Waals surface area contributed by atoms with Crippen LogP contribution in [-0.4, -0.2) is 50.8 Å². The first-order chi connectivity index (χ1) is 7.35. The average Bonchev–Trinajstić information content (AvgIpc) is 2.71. The Balaban J connectivity index is 0.00000128. The Bertz CT molecular complexity index is 185. The zero-order chi connectivity index (χ0) is 10.6. The van der Waals surface area contributed by atoms with Crippen LogP contribution in [0.25, 0.3) is 0 Å². The second-order valence-electron chi connectivity index (χ2n) is 4.97. The van der Waals surface area contributed by atoms with Gasteiger partial charge >= 0.3 is 0 Å². The van der Waals surface area contributed by atoms with E-state index in [2.05, 4.69) is 17.1 Å². The van der Waals surface area contributed by atoms with Crippen molar-refractivity contribution in [1.29, 1.82) is 0 Å². The van der Waals surface area contributed by atoms with Crippen LogP contribution in [0.1, 0.15) is 26.2 Å². The predicted molar refractivity (Wildman–Crippen MR) is 69.3 cm³/mol. The summed E-state index contributed by atoms with van der Waals surface area (Å²) in [6.07, 6.45) is 4.16. The first-order valence-corrected chi connectivity index (χ1v) is 6.35. The largest absolute Gasteiger partial charge is 0.380 e. The fourth-order valence-corrected chi connectivity index (χ4v) is 2.81. The number of hydrogen-bond donors (Lipinski definition) is 1. The van der Waals surface area contributed by atoms with Crippen LogP contribution in [0.5, 0.6) is 0 Å². The van der Waals surface area contributed by atoms with E-state index in [-0.39, 0.29) is 12.4 Å². The van der Waals surface area contributed by atoms with Crippen LogP contribution in [0.2, 0.25) is 0 Å². The summed E-state index contributed by atoms with van der Waals surface area (Å²) in [5.74, 6) is 0. The summed E-state index contributed by atoms with van der Waals surface area (Å²) in [6.45, 7) is 9.98. The molecule has 2 aliphatic rings. The van der Waals surface area contributed by atoms with Crippen molar-refractivity contribution in [3.8, 4) is 0 Å². The van der Waals surface area contributed by atoms with E-state index < -0.39 is 0 Å². The molecule has 0 saturated carbocycles. The van der Waals surface area contributed by atoms with Crippen LogP contribution in [0.15, 0.2) is 0 Å². The Hall–Kier alpha value is 0.170. The van der Waals surface area contributed by atoms with Gasteiger partial charge in [0.05, 0.1) is 6.61 Å². The van der Waals surface area contributed by atoms with Crippen LogP contribution in [0.3, 0.4) is 0 Å². The van der Waals surface area contributed by atoms with Crippen molar-refractivity contribution in [3.63, 3.8) is 0 Å². The molecule has 2 aliphatic heterocycles. The van der Waals surface area contributed by atoms with Gasteiger partial charge in [-0.2, -0.15) is 0 Å². The topological polar surface area (TPSA) is 24.5 Å². The second kappa shape index (κ2) is 6.80. The van der Waals surface area contributed by atoms with Gasteiger partial charge in [0, 0.05) is 19.7 Å². The number of ether oxygens (including phenoxy) is 1. The summed E-state index contributed by atoms with van der Waals surface area (Å²) < 4.78 is 5.40. The molecule has 0 aliphatic carbocycles. The van der Waals surface area contributed by atoms with E-state index in [4.69, 9.17) is 4.74 Å². The Morgan fingerprint density at radius 2 is 2.00 bits per heavy atom. The number of hydrogen-bond acceptors (Lipinski definition) is 3. The van der Waals surface area contributed by atoms with Crippen LogP contribution in [0.4, 0.5) is 0 Å². The Morgan fingerprint density at radius 1 is 1.25 bits per heavy atom. The van der Waals surface area contributed by atoms with Gasteiger partial charge in [0.15, 0.2) is 0 Å². The molecule has 0 unspecified atom stereocenters. The van der Waals surface area contributed by atoms with E-state index in [0.717, 1.165) is 19.8 Å². The van der Waals surface area contributed by atoms with Gasteiger partial charge in [-0.1, -0.05) is 0 Å². The fourth-order valence-electron chi connectivity index (χ4n) is 2.81. The molecular weight excluding hydrogens is 224 g/mol. The maximum absolute atomic E-state index is 5.40. The molecule has 0 amide bonds. The van der Waals surface area contributed by atoms with Gasteiger partial charge in [-0.3, -0.25) is 0 Å². The highest BCUT2D eigenvalue weighted by molar-refractivity contribution is 5.85. The zero-order valence-electron chi connectivity index (χ0n) is 10.3. The van der Waals surface area contributed by atoms with Gasteiger partial charge in [0.1, 0.15) is 0 Å². The molecule has 0 atom stereocenters. The number of nitrogens with one attached hydrogen (secondary N) is 1. The fraction of sp³-hybridized carbons (Fsp3) is 1.00. The quantitative estimate of drug-likeness (QED) is 0.764. The highest BCUT2D eigenvalue weighted by Gasteiger charge is 2.36. The van der Waals surface area contributed by atoms with Crippen molar-refractivity contribution >= 4 is 12.4 Å². The lowest BCUT2D eigenvalue weighted by atomic mass is 9.78. The Kier molecular flexibility index (Phi) is 6.05. The van der Waals surface area contributed by atoms with Crippen LogP contribution >= 0.6 is 12.4 Å². The van der Waals surface area contributed by atoms with Crippen molar-refractivity contribution in [1.82, 2.24) is 10.2 Å². The van der Waals surface area contributed by atoms with Crippen molar-refractivity contribution in [2.24, 2.45) is 5.41 Å². The molecular formula is C12H25ClN2O. The summed E-state index contributed by atoms with van der Waals surface area (Å²) in [5.41, 5.74) is 0.655. The third-order valence-corrected chi connectivity index (χ3v) is 4.00.